The summed E-state index contributed by atoms with van der Waals surface area (Å²) in [5.41, 5.74) is 2.19. The largest absolute Gasteiger partial charge is 0.508 e. The van der Waals surface area contributed by atoms with Gasteiger partial charge in [0.05, 0.1) is 7.11 Å². The van der Waals surface area contributed by atoms with E-state index in [4.69, 9.17) is 4.74 Å². The molecule has 2 nitrogen and oxygen atoms in total. The number of aryl methyl sites for hydroxylation is 1. The van der Waals surface area contributed by atoms with E-state index in [1.165, 1.54) is 20.5 Å². The number of hydrogen-bond donors (Lipinski definition) is 1. The van der Waals surface area contributed by atoms with Crippen LogP contribution in [0.25, 0.3) is 10.1 Å². The van der Waals surface area contributed by atoms with Crippen LogP contribution in [0, 0.1) is 6.92 Å². The van der Waals surface area contributed by atoms with E-state index in [0.29, 0.717) is 5.75 Å². The van der Waals surface area contributed by atoms with Crippen molar-refractivity contribution in [2.45, 2.75) is 39.0 Å². The summed E-state index contributed by atoms with van der Waals surface area (Å²) in [4.78, 5) is 1.38. The molecule has 126 valence electrons. The Morgan fingerprint density at radius 1 is 1.04 bits per heavy atom. The van der Waals surface area contributed by atoms with Crippen molar-refractivity contribution >= 4 is 21.4 Å². The smallest absolute Gasteiger partial charge is 0.120 e. The minimum atomic E-state index is -0.0185. The summed E-state index contributed by atoms with van der Waals surface area (Å²) in [5.74, 6) is 1.26. The van der Waals surface area contributed by atoms with Gasteiger partial charge in [0.2, 0.25) is 0 Å². The van der Waals surface area contributed by atoms with E-state index in [9.17, 15) is 5.11 Å². The van der Waals surface area contributed by atoms with Crippen LogP contribution in [0.3, 0.4) is 0 Å². The van der Waals surface area contributed by atoms with E-state index < -0.39 is 0 Å². The molecule has 3 heteroatoms. The minimum absolute atomic E-state index is 0.0185. The van der Waals surface area contributed by atoms with Crippen LogP contribution in [0.4, 0.5) is 0 Å². The van der Waals surface area contributed by atoms with Crippen LogP contribution in [-0.4, -0.2) is 12.2 Å². The third kappa shape index (κ3) is 2.67. The number of thiophene rings is 1. The van der Waals surface area contributed by atoms with Crippen LogP contribution in [0.2, 0.25) is 0 Å². The van der Waals surface area contributed by atoms with Gasteiger partial charge in [-0.15, -0.1) is 11.3 Å². The molecule has 3 aromatic rings. The highest BCUT2D eigenvalue weighted by molar-refractivity contribution is 7.19. The molecule has 0 radical (unpaired) electrons. The molecule has 0 saturated carbocycles. The second kappa shape index (κ2) is 6.48. The first-order valence-corrected chi connectivity index (χ1v) is 9.24. The van der Waals surface area contributed by atoms with Gasteiger partial charge in [0.25, 0.3) is 0 Å². The third-order valence-electron chi connectivity index (χ3n) is 5.16. The zero-order valence-electron chi connectivity index (χ0n) is 14.7. The fourth-order valence-electron chi connectivity index (χ4n) is 3.48. The van der Waals surface area contributed by atoms with Gasteiger partial charge in [-0.2, -0.15) is 0 Å². The molecule has 1 heterocycles. The number of methoxy groups -OCH3 is 1. The van der Waals surface area contributed by atoms with E-state index in [2.05, 4.69) is 44.2 Å². The molecule has 24 heavy (non-hydrogen) atoms. The molecule has 3 rings (SSSR count). The lowest BCUT2D eigenvalue weighted by Gasteiger charge is -2.32. The molecule has 0 aliphatic heterocycles. The summed E-state index contributed by atoms with van der Waals surface area (Å²) in [6.07, 6.45) is 2.05. The Kier molecular flexibility index (Phi) is 4.55. The highest BCUT2D eigenvalue weighted by atomic mass is 32.1. The Labute approximate surface area is 147 Å². The van der Waals surface area contributed by atoms with Crippen LogP contribution in [0.15, 0.2) is 42.5 Å². The summed E-state index contributed by atoms with van der Waals surface area (Å²) in [7, 11) is 1.71. The van der Waals surface area contributed by atoms with E-state index in [0.717, 1.165) is 24.2 Å². The van der Waals surface area contributed by atoms with Crippen molar-refractivity contribution in [3.05, 3.63) is 58.5 Å². The molecule has 1 aromatic heterocycles. The average molecular weight is 340 g/mol. The molecule has 0 aliphatic carbocycles. The molecular weight excluding hydrogens is 316 g/mol. The summed E-state index contributed by atoms with van der Waals surface area (Å²) < 4.78 is 6.62. The molecular formula is C21H24O2S. The number of hydrogen-bond acceptors (Lipinski definition) is 3. The lowest BCUT2D eigenvalue weighted by Crippen LogP contribution is -2.24. The van der Waals surface area contributed by atoms with E-state index in [1.807, 2.05) is 30.4 Å². The summed E-state index contributed by atoms with van der Waals surface area (Å²) in [6, 6.07) is 14.6. The number of ether oxygens (including phenoxy) is 1. The molecule has 0 spiro atoms. The molecule has 2 aromatic carbocycles. The second-order valence-corrected chi connectivity index (χ2v) is 7.39. The molecule has 1 N–H and O–H groups in total. The number of aromatic hydroxyl groups is 1. The lowest BCUT2D eigenvalue weighted by molar-refractivity contribution is 0.415. The highest BCUT2D eigenvalue weighted by Gasteiger charge is 2.32. The van der Waals surface area contributed by atoms with Gasteiger partial charge >= 0.3 is 0 Å². The molecule has 0 bridgehead atoms. The van der Waals surface area contributed by atoms with Gasteiger partial charge in [0.15, 0.2) is 0 Å². The maximum absolute atomic E-state index is 9.89. The molecule has 0 aliphatic rings. The highest BCUT2D eigenvalue weighted by Crippen LogP contribution is 2.45. The number of fused-ring (bicyclic) bond motifs is 1. The molecule has 0 atom stereocenters. The molecule has 0 amide bonds. The fourth-order valence-corrected chi connectivity index (χ4v) is 4.92. The first-order chi connectivity index (χ1) is 11.5. The van der Waals surface area contributed by atoms with Crippen molar-refractivity contribution in [2.24, 2.45) is 0 Å². The standard InChI is InChI=1S/C21H24O2S/c1-5-21(6-2,16-8-10-18(22)14(3)11-16)20-12-15-7-9-17(23-4)13-19(15)24-20/h7-13,22H,5-6H2,1-4H3. The number of phenols is 1. The summed E-state index contributed by atoms with van der Waals surface area (Å²) in [6.45, 7) is 6.46. The monoisotopic (exact) mass is 340 g/mol. The summed E-state index contributed by atoms with van der Waals surface area (Å²) in [5, 5.41) is 11.1. The van der Waals surface area contributed by atoms with Crippen molar-refractivity contribution in [1.29, 1.82) is 0 Å². The predicted octanol–water partition coefficient (Wildman–Crippen LogP) is 6.03. The second-order valence-electron chi connectivity index (χ2n) is 6.30. The van der Waals surface area contributed by atoms with Crippen LogP contribution < -0.4 is 4.74 Å². The fraction of sp³-hybridized carbons (Fsp3) is 0.333. The third-order valence-corrected chi connectivity index (χ3v) is 6.46. The van der Waals surface area contributed by atoms with Crippen molar-refractivity contribution in [3.8, 4) is 11.5 Å². The Morgan fingerprint density at radius 2 is 1.79 bits per heavy atom. The number of rotatable bonds is 5. The Hall–Kier alpha value is -2.00. The Balaban J connectivity index is 2.18. The maximum Gasteiger partial charge on any atom is 0.120 e. The van der Waals surface area contributed by atoms with Gasteiger partial charge in [-0.25, -0.2) is 0 Å². The summed E-state index contributed by atoms with van der Waals surface area (Å²) >= 11 is 1.85. The van der Waals surface area contributed by atoms with Crippen molar-refractivity contribution < 1.29 is 9.84 Å². The van der Waals surface area contributed by atoms with Gasteiger partial charge < -0.3 is 9.84 Å². The first kappa shape index (κ1) is 16.8. The number of benzene rings is 2. The van der Waals surface area contributed by atoms with Crippen molar-refractivity contribution in [1.82, 2.24) is 0 Å². The van der Waals surface area contributed by atoms with E-state index in [1.54, 1.807) is 7.11 Å². The van der Waals surface area contributed by atoms with E-state index in [-0.39, 0.29) is 5.41 Å². The zero-order valence-corrected chi connectivity index (χ0v) is 15.5. The average Bonchev–Trinajstić information content (AvgIpc) is 3.02. The zero-order chi connectivity index (χ0) is 17.3. The van der Waals surface area contributed by atoms with Crippen LogP contribution >= 0.6 is 11.3 Å². The minimum Gasteiger partial charge on any atom is -0.508 e. The van der Waals surface area contributed by atoms with Crippen molar-refractivity contribution in [3.63, 3.8) is 0 Å². The molecule has 0 unspecified atom stereocenters. The first-order valence-electron chi connectivity index (χ1n) is 8.42. The van der Waals surface area contributed by atoms with Gasteiger partial charge in [0, 0.05) is 15.0 Å². The Morgan fingerprint density at radius 3 is 2.42 bits per heavy atom. The topological polar surface area (TPSA) is 29.5 Å². The number of phenolic OH excluding ortho intramolecular Hbond substituents is 1. The Bertz CT molecular complexity index is 859. The normalized spacial score (nSPS) is 11.8. The van der Waals surface area contributed by atoms with Crippen LogP contribution in [0.1, 0.15) is 42.7 Å². The lowest BCUT2D eigenvalue weighted by atomic mass is 9.74. The van der Waals surface area contributed by atoms with E-state index >= 15 is 0 Å². The van der Waals surface area contributed by atoms with Crippen molar-refractivity contribution in [2.75, 3.05) is 7.11 Å². The van der Waals surface area contributed by atoms with Crippen LogP contribution in [-0.2, 0) is 5.41 Å². The SMILES string of the molecule is CCC(CC)(c1ccc(O)c(C)c1)c1cc2ccc(OC)cc2s1. The maximum atomic E-state index is 9.89. The van der Waals surface area contributed by atoms with Gasteiger partial charge in [0.1, 0.15) is 11.5 Å². The van der Waals surface area contributed by atoms with Gasteiger partial charge in [-0.1, -0.05) is 26.0 Å². The molecule has 0 saturated heterocycles. The predicted molar refractivity (Wildman–Crippen MR) is 103 cm³/mol. The van der Waals surface area contributed by atoms with Crippen LogP contribution in [0.5, 0.6) is 11.5 Å². The van der Waals surface area contributed by atoms with Gasteiger partial charge in [-0.3, -0.25) is 0 Å². The molecule has 0 fully saturated rings. The quantitative estimate of drug-likeness (QED) is 0.614. The van der Waals surface area contributed by atoms with Gasteiger partial charge in [-0.05, 0) is 66.6 Å².